The minimum atomic E-state index is -0.984. The predicted molar refractivity (Wildman–Crippen MR) is 190 cm³/mol. The van der Waals surface area contributed by atoms with Crippen LogP contribution in [0.25, 0.3) is 0 Å². The number of carbonyl (C=O) groups excluding carboxylic acids is 6. The Morgan fingerprint density at radius 3 is 1.45 bits per heavy atom. The Balaban J connectivity index is 0.000000183. The number of nitrogens with zero attached hydrogens (tertiary/aromatic N) is 3. The molecule has 0 spiro atoms. The van der Waals surface area contributed by atoms with Crippen LogP contribution in [-0.4, -0.2) is 45.5 Å². The van der Waals surface area contributed by atoms with E-state index in [1.807, 2.05) is 103 Å². The first-order valence-electron chi connectivity index (χ1n) is 16.4. The maximum atomic E-state index is 13.2. The average Bonchev–Trinajstić information content (AvgIpc) is 3.16. The van der Waals surface area contributed by atoms with Crippen molar-refractivity contribution >= 4 is 41.4 Å². The molecule has 5 aromatic carbocycles. The lowest BCUT2D eigenvalue weighted by Crippen LogP contribution is -2.60. The summed E-state index contributed by atoms with van der Waals surface area (Å²) in [5, 5.41) is 2.26. The van der Waals surface area contributed by atoms with E-state index in [4.69, 9.17) is 0 Å². The van der Waals surface area contributed by atoms with E-state index in [0.717, 1.165) is 26.5 Å². The van der Waals surface area contributed by atoms with Gasteiger partial charge in [-0.15, -0.1) is 0 Å². The molecule has 1 N–H and O–H groups in total. The second-order valence-electron chi connectivity index (χ2n) is 12.0. The minimum absolute atomic E-state index is 0.125. The molecule has 0 radical (unpaired) electrons. The summed E-state index contributed by atoms with van der Waals surface area (Å²) in [6.07, 6.45) is 0.250. The van der Waals surface area contributed by atoms with Gasteiger partial charge in [-0.05, 0) is 40.8 Å². The molecule has 2 unspecified atom stereocenters. The standard InChI is InChI=1S/C24H20N2O3.C17H14N2O3/c27-22-21(16-18-10-4-1-5-11-18)23(28)26(20-14-8-3-9-15-20)24(29)25(22)17-19-12-6-2-7-13-19;20-15-14(13-9-5-2-6-10-13)16(21)19(17(22)18-15)11-12-7-3-1-4-8-12/h1-15,21H,16-17H2;1-10,14H,11H2,(H,18,20,22). The second-order valence-corrected chi connectivity index (χ2v) is 12.0. The number of hydrogen-bond donors (Lipinski definition) is 1. The topological polar surface area (TPSA) is 124 Å². The van der Waals surface area contributed by atoms with Gasteiger partial charge in [-0.3, -0.25) is 34.3 Å². The van der Waals surface area contributed by atoms with Gasteiger partial charge in [0.1, 0.15) is 11.8 Å². The van der Waals surface area contributed by atoms with Crippen LogP contribution < -0.4 is 10.2 Å². The number of carbonyl (C=O) groups is 6. The molecule has 0 bridgehead atoms. The van der Waals surface area contributed by atoms with Crippen LogP contribution in [0.2, 0.25) is 0 Å². The molecule has 2 aliphatic rings. The van der Waals surface area contributed by atoms with Gasteiger partial charge in [0, 0.05) is 0 Å². The summed E-state index contributed by atoms with van der Waals surface area (Å²) in [7, 11) is 0. The Kier molecular flexibility index (Phi) is 10.5. The molecular formula is C41H34N4O6. The molecule has 10 heteroatoms. The van der Waals surface area contributed by atoms with Gasteiger partial charge in [0.05, 0.1) is 18.8 Å². The molecule has 5 aromatic rings. The van der Waals surface area contributed by atoms with E-state index in [0.29, 0.717) is 11.3 Å². The van der Waals surface area contributed by atoms with Crippen LogP contribution >= 0.6 is 0 Å². The van der Waals surface area contributed by atoms with Crippen LogP contribution in [0, 0.1) is 5.92 Å². The molecule has 2 aliphatic heterocycles. The van der Waals surface area contributed by atoms with E-state index in [1.165, 1.54) is 4.90 Å². The third-order valence-corrected chi connectivity index (χ3v) is 8.55. The number of nitrogens with one attached hydrogen (secondary N) is 1. The molecule has 10 nitrogen and oxygen atoms in total. The monoisotopic (exact) mass is 678 g/mol. The number of benzene rings is 5. The average molecular weight is 679 g/mol. The van der Waals surface area contributed by atoms with Crippen LogP contribution in [0.15, 0.2) is 152 Å². The molecule has 7 rings (SSSR count). The van der Waals surface area contributed by atoms with E-state index < -0.39 is 47.5 Å². The third kappa shape index (κ3) is 7.81. The molecular weight excluding hydrogens is 644 g/mol. The molecule has 2 fully saturated rings. The number of rotatable bonds is 8. The zero-order valence-electron chi connectivity index (χ0n) is 27.5. The summed E-state index contributed by atoms with van der Waals surface area (Å²) in [4.78, 5) is 79.5. The number of barbiturate groups is 2. The SMILES string of the molecule is O=C1C(Cc2ccccc2)C(=O)N(c2ccccc2)C(=O)N1Cc1ccccc1.O=C1NC(=O)N(Cc2ccccc2)C(=O)C1c1ccccc1. The normalized spacial score (nSPS) is 17.5. The maximum absolute atomic E-state index is 13.2. The van der Waals surface area contributed by atoms with Gasteiger partial charge in [-0.1, -0.05) is 140 Å². The van der Waals surface area contributed by atoms with Crippen molar-refractivity contribution in [1.82, 2.24) is 15.1 Å². The molecule has 51 heavy (non-hydrogen) atoms. The van der Waals surface area contributed by atoms with Crippen molar-refractivity contribution in [3.05, 3.63) is 174 Å². The maximum Gasteiger partial charge on any atom is 0.338 e. The molecule has 0 aromatic heterocycles. The quantitative estimate of drug-likeness (QED) is 0.198. The highest BCUT2D eigenvalue weighted by molar-refractivity contribution is 6.27. The summed E-state index contributed by atoms with van der Waals surface area (Å²) in [5.74, 6) is -3.95. The molecule has 2 atom stereocenters. The molecule has 0 saturated carbocycles. The highest BCUT2D eigenvalue weighted by Crippen LogP contribution is 2.28. The highest BCUT2D eigenvalue weighted by Gasteiger charge is 2.46. The van der Waals surface area contributed by atoms with Crippen molar-refractivity contribution in [3.8, 4) is 0 Å². The Morgan fingerprint density at radius 2 is 0.922 bits per heavy atom. The van der Waals surface area contributed by atoms with Crippen molar-refractivity contribution in [3.63, 3.8) is 0 Å². The fraction of sp³-hybridized carbons (Fsp3) is 0.122. The van der Waals surface area contributed by atoms with Crippen molar-refractivity contribution in [2.75, 3.05) is 4.90 Å². The number of urea groups is 2. The van der Waals surface area contributed by atoms with Crippen molar-refractivity contribution in [1.29, 1.82) is 0 Å². The van der Waals surface area contributed by atoms with Gasteiger partial charge >= 0.3 is 12.1 Å². The van der Waals surface area contributed by atoms with Crippen LogP contribution in [0.1, 0.15) is 28.2 Å². The first-order chi connectivity index (χ1) is 24.8. The van der Waals surface area contributed by atoms with Gasteiger partial charge < -0.3 is 0 Å². The Morgan fingerprint density at radius 1 is 0.471 bits per heavy atom. The van der Waals surface area contributed by atoms with Crippen molar-refractivity contribution in [2.45, 2.75) is 25.4 Å². The number of anilines is 1. The summed E-state index contributed by atoms with van der Waals surface area (Å²) in [5.41, 5.74) is 3.57. The van der Waals surface area contributed by atoms with Gasteiger partial charge in [0.15, 0.2) is 0 Å². The van der Waals surface area contributed by atoms with Crippen LogP contribution in [0.5, 0.6) is 0 Å². The fourth-order valence-corrected chi connectivity index (χ4v) is 5.98. The van der Waals surface area contributed by atoms with Gasteiger partial charge in [0.25, 0.3) is 0 Å². The van der Waals surface area contributed by atoms with E-state index >= 15 is 0 Å². The van der Waals surface area contributed by atoms with Gasteiger partial charge in [-0.2, -0.15) is 0 Å². The van der Waals surface area contributed by atoms with E-state index in [9.17, 15) is 28.8 Å². The number of hydrogen-bond acceptors (Lipinski definition) is 6. The zero-order chi connectivity index (χ0) is 35.7. The third-order valence-electron chi connectivity index (χ3n) is 8.55. The number of imide groups is 4. The molecule has 2 heterocycles. The molecule has 0 aliphatic carbocycles. The van der Waals surface area contributed by atoms with E-state index in [-0.39, 0.29) is 19.5 Å². The first kappa shape index (κ1) is 34.2. The summed E-state index contributed by atoms with van der Waals surface area (Å²) >= 11 is 0. The van der Waals surface area contributed by atoms with Gasteiger partial charge in [0.2, 0.25) is 23.6 Å². The Hall–Kier alpha value is -6.68. The lowest BCUT2D eigenvalue weighted by molar-refractivity contribution is -0.142. The smallest absolute Gasteiger partial charge is 0.277 e. The van der Waals surface area contributed by atoms with Gasteiger partial charge in [-0.25, -0.2) is 14.5 Å². The number of para-hydroxylation sites is 1. The largest absolute Gasteiger partial charge is 0.338 e. The number of amides is 8. The first-order valence-corrected chi connectivity index (χ1v) is 16.4. The molecule has 254 valence electrons. The molecule has 2 saturated heterocycles. The fourth-order valence-electron chi connectivity index (χ4n) is 5.98. The van der Waals surface area contributed by atoms with Crippen molar-refractivity contribution < 1.29 is 28.8 Å². The summed E-state index contributed by atoms with van der Waals surface area (Å²) < 4.78 is 0. The van der Waals surface area contributed by atoms with Crippen LogP contribution in [0.4, 0.5) is 15.3 Å². The summed E-state index contributed by atoms with van der Waals surface area (Å²) in [6, 6.07) is 44.1. The Bertz CT molecular complexity index is 1960. The summed E-state index contributed by atoms with van der Waals surface area (Å²) in [6.45, 7) is 0.266. The minimum Gasteiger partial charge on any atom is -0.277 e. The predicted octanol–water partition coefficient (Wildman–Crippen LogP) is 6.09. The van der Waals surface area contributed by atoms with E-state index in [2.05, 4.69) is 5.32 Å². The molecule has 8 amide bonds. The van der Waals surface area contributed by atoms with Crippen LogP contribution in [0.3, 0.4) is 0 Å². The Labute approximate surface area is 294 Å². The van der Waals surface area contributed by atoms with Crippen molar-refractivity contribution in [2.24, 2.45) is 5.92 Å². The zero-order valence-corrected chi connectivity index (χ0v) is 27.5. The lowest BCUT2D eigenvalue weighted by Gasteiger charge is -2.37. The van der Waals surface area contributed by atoms with Crippen LogP contribution in [-0.2, 0) is 38.7 Å². The second kappa shape index (κ2) is 15.7. The highest BCUT2D eigenvalue weighted by atomic mass is 16.2. The lowest BCUT2D eigenvalue weighted by atomic mass is 9.94. The van der Waals surface area contributed by atoms with E-state index in [1.54, 1.807) is 48.5 Å².